The van der Waals surface area contributed by atoms with Crippen LogP contribution in [0.3, 0.4) is 0 Å². The molecule has 0 radical (unpaired) electrons. The predicted molar refractivity (Wildman–Crippen MR) is 81.6 cm³/mol. The lowest BCUT2D eigenvalue weighted by Crippen LogP contribution is -2.08. The first kappa shape index (κ1) is 14.0. The zero-order valence-corrected chi connectivity index (χ0v) is 12.1. The maximum absolute atomic E-state index is 6.07. The van der Waals surface area contributed by atoms with Crippen LogP contribution in [-0.2, 0) is 5.75 Å². The number of thioether (sulfide) groups is 1. The van der Waals surface area contributed by atoms with E-state index in [1.54, 1.807) is 18.9 Å². The Balaban J connectivity index is 2.20. The number of benzene rings is 2. The smallest absolute Gasteiger partial charge is 0.124 e. The average Bonchev–Trinajstić information content (AvgIpc) is 2.45. The molecule has 2 nitrogen and oxygen atoms in total. The van der Waals surface area contributed by atoms with Crippen molar-refractivity contribution in [2.24, 2.45) is 5.73 Å². The van der Waals surface area contributed by atoms with Crippen LogP contribution in [-0.4, -0.2) is 7.11 Å². The molecule has 2 aromatic carbocycles. The van der Waals surface area contributed by atoms with Crippen LogP contribution in [0.1, 0.15) is 24.1 Å². The molecular formula is C16H19NOS. The van der Waals surface area contributed by atoms with Crippen molar-refractivity contribution in [1.29, 1.82) is 0 Å². The standard InChI is InChI=1S/C16H19NOS/c1-12(17)16-14(18-2)9-6-10-15(16)19-11-13-7-4-3-5-8-13/h3-10,12H,11,17H2,1-2H3/t12-/m0/s1. The Kier molecular flexibility index (Phi) is 4.88. The highest BCUT2D eigenvalue weighted by Crippen LogP contribution is 2.35. The third kappa shape index (κ3) is 3.52. The minimum absolute atomic E-state index is 0.0329. The lowest BCUT2D eigenvalue weighted by Gasteiger charge is -2.16. The van der Waals surface area contributed by atoms with Crippen molar-refractivity contribution >= 4 is 11.8 Å². The first-order chi connectivity index (χ1) is 9.22. The molecule has 3 heteroatoms. The summed E-state index contributed by atoms with van der Waals surface area (Å²) in [5, 5.41) is 0. The topological polar surface area (TPSA) is 35.2 Å². The van der Waals surface area contributed by atoms with E-state index in [0.29, 0.717) is 0 Å². The minimum atomic E-state index is -0.0329. The normalized spacial score (nSPS) is 12.2. The van der Waals surface area contributed by atoms with Crippen LogP contribution >= 0.6 is 11.8 Å². The van der Waals surface area contributed by atoms with E-state index < -0.39 is 0 Å². The maximum Gasteiger partial charge on any atom is 0.124 e. The van der Waals surface area contributed by atoms with Crippen LogP contribution in [0, 0.1) is 0 Å². The molecule has 0 saturated carbocycles. The van der Waals surface area contributed by atoms with Gasteiger partial charge < -0.3 is 10.5 Å². The van der Waals surface area contributed by atoms with Gasteiger partial charge >= 0.3 is 0 Å². The molecule has 0 bridgehead atoms. The summed E-state index contributed by atoms with van der Waals surface area (Å²) >= 11 is 1.80. The molecule has 0 aromatic heterocycles. The van der Waals surface area contributed by atoms with Gasteiger partial charge in [-0.1, -0.05) is 36.4 Å². The molecule has 0 unspecified atom stereocenters. The molecule has 0 aliphatic heterocycles. The van der Waals surface area contributed by atoms with E-state index in [-0.39, 0.29) is 6.04 Å². The Bertz CT molecular complexity index is 526. The fraction of sp³-hybridized carbons (Fsp3) is 0.250. The second kappa shape index (κ2) is 6.64. The summed E-state index contributed by atoms with van der Waals surface area (Å²) in [6, 6.07) is 16.5. The summed E-state index contributed by atoms with van der Waals surface area (Å²) < 4.78 is 5.41. The second-order valence-corrected chi connectivity index (χ2v) is 5.45. The van der Waals surface area contributed by atoms with Crippen LogP contribution in [0.15, 0.2) is 53.4 Å². The van der Waals surface area contributed by atoms with Gasteiger partial charge in [0.05, 0.1) is 7.11 Å². The van der Waals surface area contributed by atoms with Gasteiger partial charge in [-0.05, 0) is 24.6 Å². The minimum Gasteiger partial charge on any atom is -0.496 e. The Hall–Kier alpha value is -1.45. The van der Waals surface area contributed by atoms with E-state index in [1.165, 1.54) is 10.5 Å². The fourth-order valence-electron chi connectivity index (χ4n) is 2.01. The lowest BCUT2D eigenvalue weighted by molar-refractivity contribution is 0.405. The van der Waals surface area contributed by atoms with E-state index in [0.717, 1.165) is 17.1 Å². The van der Waals surface area contributed by atoms with Crippen molar-refractivity contribution < 1.29 is 4.74 Å². The van der Waals surface area contributed by atoms with Crippen molar-refractivity contribution in [2.45, 2.75) is 23.6 Å². The molecule has 0 saturated heterocycles. The molecule has 2 rings (SSSR count). The molecule has 2 aromatic rings. The number of nitrogens with two attached hydrogens (primary N) is 1. The van der Waals surface area contributed by atoms with Crippen LogP contribution < -0.4 is 10.5 Å². The number of rotatable bonds is 5. The molecular weight excluding hydrogens is 254 g/mol. The van der Waals surface area contributed by atoms with Crippen LogP contribution in [0.2, 0.25) is 0 Å². The molecule has 19 heavy (non-hydrogen) atoms. The monoisotopic (exact) mass is 273 g/mol. The van der Waals surface area contributed by atoms with Gasteiger partial charge in [-0.3, -0.25) is 0 Å². The van der Waals surface area contributed by atoms with Gasteiger partial charge in [0.25, 0.3) is 0 Å². The zero-order valence-electron chi connectivity index (χ0n) is 11.3. The highest BCUT2D eigenvalue weighted by atomic mass is 32.2. The quantitative estimate of drug-likeness (QED) is 0.836. The molecule has 0 amide bonds. The first-order valence-corrected chi connectivity index (χ1v) is 7.30. The lowest BCUT2D eigenvalue weighted by atomic mass is 10.1. The molecule has 100 valence electrons. The van der Waals surface area contributed by atoms with E-state index >= 15 is 0 Å². The van der Waals surface area contributed by atoms with Crippen molar-refractivity contribution in [3.63, 3.8) is 0 Å². The zero-order chi connectivity index (χ0) is 13.7. The van der Waals surface area contributed by atoms with Crippen LogP contribution in [0.4, 0.5) is 0 Å². The van der Waals surface area contributed by atoms with Gasteiger partial charge in [0.15, 0.2) is 0 Å². The Morgan fingerprint density at radius 1 is 1.11 bits per heavy atom. The number of hydrogen-bond donors (Lipinski definition) is 1. The van der Waals surface area contributed by atoms with Crippen molar-refractivity contribution in [3.05, 3.63) is 59.7 Å². The Labute approximate surface area is 119 Å². The summed E-state index contributed by atoms with van der Waals surface area (Å²) in [6.07, 6.45) is 0. The summed E-state index contributed by atoms with van der Waals surface area (Å²) in [6.45, 7) is 1.99. The third-order valence-corrected chi connectivity index (χ3v) is 4.08. The number of ether oxygens (including phenoxy) is 1. The van der Waals surface area contributed by atoms with Gasteiger partial charge in [-0.2, -0.15) is 0 Å². The van der Waals surface area contributed by atoms with Crippen molar-refractivity contribution in [1.82, 2.24) is 0 Å². The van der Waals surface area contributed by atoms with Crippen LogP contribution in [0.25, 0.3) is 0 Å². The van der Waals surface area contributed by atoms with Gasteiger partial charge in [0.2, 0.25) is 0 Å². The third-order valence-electron chi connectivity index (χ3n) is 2.94. The molecule has 2 N–H and O–H groups in total. The molecule has 0 spiro atoms. The summed E-state index contributed by atoms with van der Waals surface area (Å²) in [5.74, 6) is 1.81. The highest BCUT2D eigenvalue weighted by molar-refractivity contribution is 7.98. The molecule has 0 fully saturated rings. The second-order valence-electron chi connectivity index (χ2n) is 4.44. The largest absolute Gasteiger partial charge is 0.496 e. The predicted octanol–water partition coefficient (Wildman–Crippen LogP) is 4.01. The molecule has 0 aliphatic carbocycles. The number of methoxy groups -OCH3 is 1. The highest BCUT2D eigenvalue weighted by Gasteiger charge is 2.13. The average molecular weight is 273 g/mol. The maximum atomic E-state index is 6.07. The fourth-order valence-corrected chi connectivity index (χ4v) is 3.14. The van der Waals surface area contributed by atoms with Gasteiger partial charge in [-0.15, -0.1) is 11.8 Å². The van der Waals surface area contributed by atoms with Crippen molar-refractivity contribution in [3.8, 4) is 5.75 Å². The van der Waals surface area contributed by atoms with E-state index in [2.05, 4.69) is 30.3 Å². The summed E-state index contributed by atoms with van der Waals surface area (Å²) in [7, 11) is 1.69. The van der Waals surface area contributed by atoms with Gasteiger partial charge in [0, 0.05) is 22.3 Å². The number of hydrogen-bond acceptors (Lipinski definition) is 3. The Morgan fingerprint density at radius 3 is 2.47 bits per heavy atom. The van der Waals surface area contributed by atoms with Crippen molar-refractivity contribution in [2.75, 3.05) is 7.11 Å². The van der Waals surface area contributed by atoms with E-state index in [1.807, 2.05) is 25.1 Å². The summed E-state index contributed by atoms with van der Waals surface area (Å²) in [5.41, 5.74) is 8.47. The van der Waals surface area contributed by atoms with E-state index in [9.17, 15) is 0 Å². The molecule has 0 heterocycles. The summed E-state index contributed by atoms with van der Waals surface area (Å²) in [4.78, 5) is 1.19. The molecule has 0 aliphatic rings. The Morgan fingerprint density at radius 2 is 1.84 bits per heavy atom. The SMILES string of the molecule is COc1cccc(SCc2ccccc2)c1[C@H](C)N. The van der Waals surface area contributed by atoms with Crippen LogP contribution in [0.5, 0.6) is 5.75 Å². The van der Waals surface area contributed by atoms with Gasteiger partial charge in [-0.25, -0.2) is 0 Å². The van der Waals surface area contributed by atoms with E-state index in [4.69, 9.17) is 10.5 Å². The molecule has 1 atom stereocenters. The van der Waals surface area contributed by atoms with Gasteiger partial charge in [0.1, 0.15) is 5.75 Å². The first-order valence-electron chi connectivity index (χ1n) is 6.31.